The number of piperidine rings is 1. The normalized spacial score (nSPS) is 31.6. The minimum Gasteiger partial charge on any atom is -0.335 e. The maximum Gasteiger partial charge on any atom is 0.249 e. The van der Waals surface area contributed by atoms with Gasteiger partial charge in [0, 0.05) is 24.8 Å². The highest BCUT2D eigenvalue weighted by atomic mass is 35.5. The van der Waals surface area contributed by atoms with Crippen molar-refractivity contribution in [2.75, 3.05) is 25.0 Å². The van der Waals surface area contributed by atoms with Crippen molar-refractivity contribution < 1.29 is 4.79 Å². The van der Waals surface area contributed by atoms with Gasteiger partial charge >= 0.3 is 0 Å². The van der Waals surface area contributed by atoms with Crippen LogP contribution in [0.2, 0.25) is 0 Å². The number of benzene rings is 1. The molecule has 5 nitrogen and oxygen atoms in total. The second-order valence-electron chi connectivity index (χ2n) is 11.4. The molecule has 2 aliphatic heterocycles. The number of anilines is 1. The summed E-state index contributed by atoms with van der Waals surface area (Å²) in [5.41, 5.74) is 0.657. The molecule has 1 saturated carbocycles. The molecule has 0 bridgehead atoms. The minimum atomic E-state index is -0.517. The van der Waals surface area contributed by atoms with E-state index in [1.807, 2.05) is 0 Å². The number of amides is 1. The van der Waals surface area contributed by atoms with E-state index in [1.165, 1.54) is 50.6 Å². The summed E-state index contributed by atoms with van der Waals surface area (Å²) in [5, 5.41) is 7.06. The standard InChI is InChI=1S/C29H48N4O.ClH/c1-5-6-7-11-14-27-31-28(34)29(33(27)25-12-9-8-10-13-25)19-20-32(21-26(29)30-4)24-17-15-23(16-18-24)22(2)3;/h8-10,12-13,22-24,26-27,30H,5-7,11,14-21H2,1-4H3,(H,31,34);1H. The number of hydrogen-bond acceptors (Lipinski definition) is 4. The van der Waals surface area contributed by atoms with Crippen LogP contribution in [0.25, 0.3) is 0 Å². The van der Waals surface area contributed by atoms with Gasteiger partial charge in [-0.1, -0.05) is 58.2 Å². The van der Waals surface area contributed by atoms with E-state index in [2.05, 4.69) is 78.6 Å². The Labute approximate surface area is 220 Å². The summed E-state index contributed by atoms with van der Waals surface area (Å²) in [6.07, 6.45) is 12.2. The van der Waals surface area contributed by atoms with Crippen LogP contribution in [-0.2, 0) is 4.79 Å². The second-order valence-corrected chi connectivity index (χ2v) is 11.4. The first kappa shape index (κ1) is 28.3. The zero-order valence-electron chi connectivity index (χ0n) is 22.5. The third-order valence-corrected chi connectivity index (χ3v) is 9.12. The third kappa shape index (κ3) is 5.83. The van der Waals surface area contributed by atoms with Crippen LogP contribution in [0.4, 0.5) is 5.69 Å². The molecule has 3 unspecified atom stereocenters. The van der Waals surface area contributed by atoms with Gasteiger partial charge in [0.05, 0.1) is 6.04 Å². The number of para-hydroxylation sites is 1. The Kier molecular flexibility index (Phi) is 10.3. The lowest BCUT2D eigenvalue weighted by Gasteiger charge is -2.52. The Morgan fingerprint density at radius 1 is 1.09 bits per heavy atom. The summed E-state index contributed by atoms with van der Waals surface area (Å²) in [6, 6.07) is 11.4. The molecule has 1 aromatic carbocycles. The highest BCUT2D eigenvalue weighted by Crippen LogP contribution is 2.42. The quantitative estimate of drug-likeness (QED) is 0.430. The fourth-order valence-corrected chi connectivity index (χ4v) is 7.01. The molecular formula is C29H49ClN4O. The van der Waals surface area contributed by atoms with E-state index in [-0.39, 0.29) is 30.5 Å². The Bertz CT molecular complexity index is 782. The van der Waals surface area contributed by atoms with Gasteiger partial charge in [0.25, 0.3) is 0 Å². The summed E-state index contributed by atoms with van der Waals surface area (Å²) < 4.78 is 0. The molecule has 0 aromatic heterocycles. The van der Waals surface area contributed by atoms with E-state index in [1.54, 1.807) is 0 Å². The van der Waals surface area contributed by atoms with E-state index in [4.69, 9.17) is 0 Å². The van der Waals surface area contributed by atoms with E-state index in [9.17, 15) is 4.79 Å². The third-order valence-electron chi connectivity index (χ3n) is 9.12. The van der Waals surface area contributed by atoms with Crippen molar-refractivity contribution in [3.63, 3.8) is 0 Å². The molecule has 2 saturated heterocycles. The summed E-state index contributed by atoms with van der Waals surface area (Å²) in [7, 11) is 2.05. The predicted molar refractivity (Wildman–Crippen MR) is 149 cm³/mol. The van der Waals surface area contributed by atoms with Crippen LogP contribution in [0.3, 0.4) is 0 Å². The maximum absolute atomic E-state index is 13.8. The molecule has 1 aliphatic carbocycles. The molecule has 35 heavy (non-hydrogen) atoms. The lowest BCUT2D eigenvalue weighted by atomic mass is 9.76. The highest BCUT2D eigenvalue weighted by molar-refractivity contribution is 5.95. The van der Waals surface area contributed by atoms with Gasteiger partial charge in [-0.25, -0.2) is 0 Å². The number of rotatable bonds is 9. The fraction of sp³-hybridized carbons (Fsp3) is 0.759. The van der Waals surface area contributed by atoms with Crippen LogP contribution in [0.5, 0.6) is 0 Å². The number of nitrogens with one attached hydrogen (secondary N) is 2. The number of likely N-dealkylation sites (N-methyl/N-ethyl adjacent to an activating group) is 1. The minimum absolute atomic E-state index is 0. The van der Waals surface area contributed by atoms with Crippen LogP contribution < -0.4 is 15.5 Å². The Balaban J connectivity index is 0.00000342. The van der Waals surface area contributed by atoms with Gasteiger partial charge in [-0.2, -0.15) is 0 Å². The smallest absolute Gasteiger partial charge is 0.249 e. The predicted octanol–water partition coefficient (Wildman–Crippen LogP) is 5.59. The molecule has 1 aromatic rings. The molecular weight excluding hydrogens is 456 g/mol. The summed E-state index contributed by atoms with van der Waals surface area (Å²) in [6.45, 7) is 8.97. The molecule has 198 valence electrons. The molecule has 2 heterocycles. The first-order valence-electron chi connectivity index (χ1n) is 14.1. The lowest BCUT2D eigenvalue weighted by Crippen LogP contribution is -2.70. The Morgan fingerprint density at radius 3 is 2.43 bits per heavy atom. The highest BCUT2D eigenvalue weighted by Gasteiger charge is 2.59. The molecule has 0 radical (unpaired) electrons. The van der Waals surface area contributed by atoms with Gasteiger partial charge in [-0.05, 0) is 76.0 Å². The van der Waals surface area contributed by atoms with Crippen LogP contribution in [0.1, 0.15) is 85.0 Å². The molecule has 2 N–H and O–H groups in total. The summed E-state index contributed by atoms with van der Waals surface area (Å²) in [4.78, 5) is 19.0. The molecule has 6 heteroatoms. The van der Waals surface area contributed by atoms with E-state index >= 15 is 0 Å². The van der Waals surface area contributed by atoms with Gasteiger partial charge < -0.3 is 15.5 Å². The first-order valence-corrected chi connectivity index (χ1v) is 14.1. The van der Waals surface area contributed by atoms with Gasteiger partial charge in [0.1, 0.15) is 11.7 Å². The van der Waals surface area contributed by atoms with Crippen molar-refractivity contribution in [1.29, 1.82) is 0 Å². The van der Waals surface area contributed by atoms with Crippen LogP contribution in [0.15, 0.2) is 30.3 Å². The molecule has 4 rings (SSSR count). The summed E-state index contributed by atoms with van der Waals surface area (Å²) in [5.74, 6) is 1.90. The van der Waals surface area contributed by atoms with Crippen molar-refractivity contribution in [3.05, 3.63) is 30.3 Å². The van der Waals surface area contributed by atoms with Crippen molar-refractivity contribution >= 4 is 24.0 Å². The van der Waals surface area contributed by atoms with Gasteiger partial charge in [0.15, 0.2) is 0 Å². The van der Waals surface area contributed by atoms with Crippen molar-refractivity contribution in [2.45, 2.75) is 109 Å². The van der Waals surface area contributed by atoms with E-state index in [0.717, 1.165) is 44.2 Å². The molecule has 3 aliphatic rings. The zero-order chi connectivity index (χ0) is 24.1. The molecule has 1 spiro atoms. The lowest BCUT2D eigenvalue weighted by molar-refractivity contribution is -0.126. The SMILES string of the molecule is CCCCCCC1NC(=O)C2(CCN(C3CCC(C(C)C)CC3)CC2NC)N1c1ccccc1.Cl. The van der Waals surface area contributed by atoms with Gasteiger partial charge in [-0.15, -0.1) is 12.4 Å². The number of likely N-dealkylation sites (tertiary alicyclic amines) is 1. The van der Waals surface area contributed by atoms with Gasteiger partial charge in [0.2, 0.25) is 5.91 Å². The van der Waals surface area contributed by atoms with E-state index in [0.29, 0.717) is 6.04 Å². The number of unbranched alkanes of at least 4 members (excludes halogenated alkanes) is 3. The number of halogens is 1. The van der Waals surface area contributed by atoms with Crippen molar-refractivity contribution in [2.24, 2.45) is 11.8 Å². The first-order chi connectivity index (χ1) is 16.5. The zero-order valence-corrected chi connectivity index (χ0v) is 23.3. The topological polar surface area (TPSA) is 47.6 Å². The van der Waals surface area contributed by atoms with Crippen molar-refractivity contribution in [3.8, 4) is 0 Å². The molecule has 3 atom stereocenters. The average Bonchev–Trinajstić information content (AvgIpc) is 3.14. The average molecular weight is 505 g/mol. The number of nitrogens with zero attached hydrogens (tertiary/aromatic N) is 2. The van der Waals surface area contributed by atoms with Crippen LogP contribution in [-0.4, -0.2) is 54.7 Å². The molecule has 1 amide bonds. The van der Waals surface area contributed by atoms with Crippen LogP contribution >= 0.6 is 12.4 Å². The summed E-state index contributed by atoms with van der Waals surface area (Å²) >= 11 is 0. The second kappa shape index (κ2) is 12.8. The van der Waals surface area contributed by atoms with Crippen LogP contribution in [0, 0.1) is 11.8 Å². The Hall–Kier alpha value is -1.30. The van der Waals surface area contributed by atoms with Crippen molar-refractivity contribution in [1.82, 2.24) is 15.5 Å². The molecule has 3 fully saturated rings. The maximum atomic E-state index is 13.8. The fourth-order valence-electron chi connectivity index (χ4n) is 7.01. The monoisotopic (exact) mass is 504 g/mol. The number of hydrogen-bond donors (Lipinski definition) is 2. The van der Waals surface area contributed by atoms with E-state index < -0.39 is 5.54 Å². The largest absolute Gasteiger partial charge is 0.335 e. The van der Waals surface area contributed by atoms with Gasteiger partial charge in [-0.3, -0.25) is 9.69 Å². The Morgan fingerprint density at radius 2 is 1.80 bits per heavy atom. The number of carbonyl (C=O) groups excluding carboxylic acids is 1. The number of carbonyl (C=O) groups is 1.